The lowest BCUT2D eigenvalue weighted by atomic mass is 10.1. The topological polar surface area (TPSA) is 50.2 Å². The zero-order valence-electron chi connectivity index (χ0n) is 9.19. The number of carboxylic acid groups (broad SMARTS) is 1. The maximum atomic E-state index is 10.5. The first-order valence-corrected chi connectivity index (χ1v) is 6.22. The lowest BCUT2D eigenvalue weighted by Crippen LogP contribution is -1.97. The maximum absolute atomic E-state index is 10.5. The van der Waals surface area contributed by atoms with E-state index >= 15 is 0 Å². The molecule has 88 valence electrons. The van der Waals surface area contributed by atoms with E-state index in [1.54, 1.807) is 0 Å². The van der Waals surface area contributed by atoms with Crippen molar-refractivity contribution in [2.45, 2.75) is 19.3 Å². The normalized spacial score (nSPS) is 10.6. The van der Waals surface area contributed by atoms with E-state index in [1.165, 1.54) is 0 Å². The summed E-state index contributed by atoms with van der Waals surface area (Å²) in [5.74, 6) is -0.755. The fourth-order valence-electron chi connectivity index (χ4n) is 1.74. The molecule has 0 saturated heterocycles. The monoisotopic (exact) mass is 293 g/mol. The number of hydrogen-bond acceptors (Lipinski definition) is 2. The molecule has 0 unspecified atom stereocenters. The fourth-order valence-corrected chi connectivity index (χ4v) is 2.25. The third-order valence-electron chi connectivity index (χ3n) is 2.59. The summed E-state index contributed by atoms with van der Waals surface area (Å²) in [6.45, 7) is 0. The molecule has 0 bridgehead atoms. The van der Waals surface area contributed by atoms with Crippen LogP contribution >= 0.6 is 15.9 Å². The molecule has 1 aromatic heterocycles. The number of halogens is 1. The summed E-state index contributed by atoms with van der Waals surface area (Å²) in [5.41, 5.74) is 2.01. The number of pyridine rings is 1. The zero-order valence-corrected chi connectivity index (χ0v) is 10.8. The van der Waals surface area contributed by atoms with Crippen LogP contribution in [0.2, 0.25) is 0 Å². The van der Waals surface area contributed by atoms with Gasteiger partial charge in [-0.2, -0.15) is 0 Å². The largest absolute Gasteiger partial charge is 0.481 e. The van der Waals surface area contributed by atoms with Gasteiger partial charge >= 0.3 is 5.97 Å². The van der Waals surface area contributed by atoms with E-state index < -0.39 is 5.97 Å². The first-order valence-electron chi connectivity index (χ1n) is 5.43. The quantitative estimate of drug-likeness (QED) is 0.879. The SMILES string of the molecule is O=C(O)CCCc1cc2ccccc2nc1Br. The molecule has 0 spiro atoms. The van der Waals surface area contributed by atoms with Gasteiger partial charge in [-0.25, -0.2) is 4.98 Å². The summed E-state index contributed by atoms with van der Waals surface area (Å²) in [4.78, 5) is 14.9. The van der Waals surface area contributed by atoms with Crippen molar-refractivity contribution in [2.24, 2.45) is 0 Å². The summed E-state index contributed by atoms with van der Waals surface area (Å²) in [6.07, 6.45) is 1.55. The number of aliphatic carboxylic acids is 1. The van der Waals surface area contributed by atoms with E-state index in [1.807, 2.05) is 24.3 Å². The van der Waals surface area contributed by atoms with Gasteiger partial charge in [0.25, 0.3) is 0 Å². The van der Waals surface area contributed by atoms with E-state index in [0.29, 0.717) is 6.42 Å². The second-order valence-corrected chi connectivity index (χ2v) is 4.63. The fraction of sp³-hybridized carbons (Fsp3) is 0.231. The molecule has 17 heavy (non-hydrogen) atoms. The van der Waals surface area contributed by atoms with E-state index in [0.717, 1.165) is 27.5 Å². The van der Waals surface area contributed by atoms with Crippen molar-refractivity contribution in [3.8, 4) is 0 Å². The van der Waals surface area contributed by atoms with Crippen molar-refractivity contribution in [3.05, 3.63) is 40.5 Å². The molecular weight excluding hydrogens is 282 g/mol. The van der Waals surface area contributed by atoms with Crippen molar-refractivity contribution >= 4 is 32.8 Å². The summed E-state index contributed by atoms with van der Waals surface area (Å²) in [6, 6.07) is 9.95. The number of hydrogen-bond donors (Lipinski definition) is 1. The highest BCUT2D eigenvalue weighted by atomic mass is 79.9. The lowest BCUT2D eigenvalue weighted by Gasteiger charge is -2.05. The number of rotatable bonds is 4. The molecule has 2 rings (SSSR count). The van der Waals surface area contributed by atoms with Crippen molar-refractivity contribution in [1.82, 2.24) is 4.98 Å². The van der Waals surface area contributed by atoms with Crippen LogP contribution in [0.3, 0.4) is 0 Å². The van der Waals surface area contributed by atoms with Gasteiger partial charge in [0, 0.05) is 11.8 Å². The molecule has 0 aliphatic carbocycles. The summed E-state index contributed by atoms with van der Waals surface area (Å²) < 4.78 is 0.807. The Hall–Kier alpha value is -1.42. The summed E-state index contributed by atoms with van der Waals surface area (Å²) in [7, 11) is 0. The zero-order chi connectivity index (χ0) is 12.3. The van der Waals surface area contributed by atoms with Crippen molar-refractivity contribution in [1.29, 1.82) is 0 Å². The van der Waals surface area contributed by atoms with Gasteiger partial charge in [0.1, 0.15) is 4.60 Å². The summed E-state index contributed by atoms with van der Waals surface area (Å²) >= 11 is 3.43. The smallest absolute Gasteiger partial charge is 0.303 e. The Kier molecular flexibility index (Phi) is 3.74. The molecule has 1 aromatic carbocycles. The van der Waals surface area contributed by atoms with E-state index in [-0.39, 0.29) is 6.42 Å². The minimum absolute atomic E-state index is 0.194. The van der Waals surface area contributed by atoms with Crippen molar-refractivity contribution in [2.75, 3.05) is 0 Å². The van der Waals surface area contributed by atoms with Gasteiger partial charge in [-0.15, -0.1) is 0 Å². The highest BCUT2D eigenvalue weighted by Gasteiger charge is 2.05. The van der Waals surface area contributed by atoms with Crippen LogP contribution in [0.4, 0.5) is 0 Å². The third-order valence-corrected chi connectivity index (χ3v) is 3.27. The van der Waals surface area contributed by atoms with E-state index in [2.05, 4.69) is 27.0 Å². The molecular formula is C13H12BrNO2. The number of aryl methyl sites for hydroxylation is 1. The minimum atomic E-state index is -0.755. The highest BCUT2D eigenvalue weighted by molar-refractivity contribution is 9.10. The van der Waals surface area contributed by atoms with Crippen LogP contribution in [0.15, 0.2) is 34.9 Å². The summed E-state index contributed by atoms with van der Waals surface area (Å²) in [5, 5.41) is 9.69. The maximum Gasteiger partial charge on any atom is 0.303 e. The standard InChI is InChI=1S/C13H12BrNO2/c14-13-10(5-3-7-12(16)17)8-9-4-1-2-6-11(9)15-13/h1-2,4,6,8H,3,5,7H2,(H,16,17). The average molecular weight is 294 g/mol. The van der Waals surface area contributed by atoms with Gasteiger partial charge in [0.2, 0.25) is 0 Å². The van der Waals surface area contributed by atoms with Crippen LogP contribution < -0.4 is 0 Å². The Morgan fingerprint density at radius 3 is 2.88 bits per heavy atom. The average Bonchev–Trinajstić information content (AvgIpc) is 2.29. The number of nitrogens with zero attached hydrogens (tertiary/aromatic N) is 1. The Balaban J connectivity index is 2.22. The molecule has 1 heterocycles. The number of benzene rings is 1. The van der Waals surface area contributed by atoms with Crippen molar-refractivity contribution < 1.29 is 9.90 Å². The highest BCUT2D eigenvalue weighted by Crippen LogP contribution is 2.22. The first-order chi connectivity index (χ1) is 8.16. The molecule has 0 aliphatic heterocycles. The Morgan fingerprint density at radius 2 is 2.12 bits per heavy atom. The van der Waals surface area contributed by atoms with Gasteiger partial charge in [-0.3, -0.25) is 4.79 Å². The Labute approximate surface area is 108 Å². The van der Waals surface area contributed by atoms with Crippen LogP contribution in [-0.4, -0.2) is 16.1 Å². The van der Waals surface area contributed by atoms with Crippen LogP contribution in [0.5, 0.6) is 0 Å². The van der Waals surface area contributed by atoms with Crippen LogP contribution in [0.25, 0.3) is 10.9 Å². The molecule has 3 nitrogen and oxygen atoms in total. The van der Waals surface area contributed by atoms with Crippen LogP contribution in [0, 0.1) is 0 Å². The third kappa shape index (κ3) is 3.03. The molecule has 0 atom stereocenters. The molecule has 2 aromatic rings. The van der Waals surface area contributed by atoms with Gasteiger partial charge in [-0.1, -0.05) is 18.2 Å². The van der Waals surface area contributed by atoms with E-state index in [4.69, 9.17) is 5.11 Å². The predicted octanol–water partition coefficient (Wildman–Crippen LogP) is 3.40. The van der Waals surface area contributed by atoms with Crippen LogP contribution in [-0.2, 0) is 11.2 Å². The molecule has 0 radical (unpaired) electrons. The van der Waals surface area contributed by atoms with Gasteiger partial charge in [0.15, 0.2) is 0 Å². The number of para-hydroxylation sites is 1. The molecule has 1 N–H and O–H groups in total. The predicted molar refractivity (Wildman–Crippen MR) is 70.0 cm³/mol. The van der Waals surface area contributed by atoms with Crippen LogP contribution in [0.1, 0.15) is 18.4 Å². The molecule has 0 saturated carbocycles. The molecule has 0 aliphatic rings. The number of fused-ring (bicyclic) bond motifs is 1. The first kappa shape index (κ1) is 12.0. The van der Waals surface area contributed by atoms with E-state index in [9.17, 15) is 4.79 Å². The number of carboxylic acids is 1. The van der Waals surface area contributed by atoms with Gasteiger partial charge in [0.05, 0.1) is 5.52 Å². The molecule has 0 fully saturated rings. The number of aromatic nitrogens is 1. The number of carbonyl (C=O) groups is 1. The lowest BCUT2D eigenvalue weighted by molar-refractivity contribution is -0.137. The molecule has 0 amide bonds. The Bertz CT molecular complexity index is 554. The van der Waals surface area contributed by atoms with Crippen molar-refractivity contribution in [3.63, 3.8) is 0 Å². The minimum Gasteiger partial charge on any atom is -0.481 e. The Morgan fingerprint density at radius 1 is 1.35 bits per heavy atom. The second kappa shape index (κ2) is 5.27. The molecule has 4 heteroatoms. The second-order valence-electron chi connectivity index (χ2n) is 3.88. The van der Waals surface area contributed by atoms with Gasteiger partial charge in [-0.05, 0) is 46.5 Å². The van der Waals surface area contributed by atoms with Gasteiger partial charge < -0.3 is 5.11 Å².